The lowest BCUT2D eigenvalue weighted by Gasteiger charge is -2.35. The molecule has 0 spiro atoms. The molecule has 0 amide bonds. The van der Waals surface area contributed by atoms with E-state index in [1.54, 1.807) is 13.0 Å². The topological polar surface area (TPSA) is 32.7 Å². The average Bonchev–Trinajstić information content (AvgIpc) is 2.38. The van der Waals surface area contributed by atoms with Gasteiger partial charge in [0.1, 0.15) is 5.82 Å². The number of ether oxygens (including phenoxy) is 1. The Hall–Kier alpha value is -1.13. The molecule has 1 aromatic carbocycles. The molecule has 1 N–H and O–H groups in total. The van der Waals surface area contributed by atoms with Gasteiger partial charge in [0, 0.05) is 24.3 Å². The third-order valence-electron chi connectivity index (χ3n) is 3.38. The highest BCUT2D eigenvalue weighted by atomic mass is 19.1. The molecule has 0 aliphatic carbocycles. The summed E-state index contributed by atoms with van der Waals surface area (Å²) in [5.74, 6) is -0.345. The molecule has 2 rings (SSSR count). The van der Waals surface area contributed by atoms with Gasteiger partial charge in [0.05, 0.1) is 18.8 Å². The first-order valence-electron chi connectivity index (χ1n) is 6.46. The van der Waals surface area contributed by atoms with Gasteiger partial charge in [0.25, 0.3) is 0 Å². The van der Waals surface area contributed by atoms with Crippen LogP contribution < -0.4 is 4.90 Å². The van der Waals surface area contributed by atoms with Crippen LogP contribution in [0.2, 0.25) is 0 Å². The lowest BCUT2D eigenvalue weighted by atomic mass is 10.1. The fourth-order valence-corrected chi connectivity index (χ4v) is 2.40. The molecular formula is C14H20FNO2. The van der Waals surface area contributed by atoms with Crippen molar-refractivity contribution in [3.63, 3.8) is 0 Å². The van der Waals surface area contributed by atoms with E-state index in [0.717, 1.165) is 25.2 Å². The van der Waals surface area contributed by atoms with Gasteiger partial charge in [-0.15, -0.1) is 0 Å². The van der Waals surface area contributed by atoms with Gasteiger partial charge in [0.2, 0.25) is 0 Å². The van der Waals surface area contributed by atoms with Gasteiger partial charge in [-0.2, -0.15) is 0 Å². The molecule has 1 aromatic rings. The molecule has 1 fully saturated rings. The van der Waals surface area contributed by atoms with E-state index in [-0.39, 0.29) is 11.9 Å². The molecule has 1 saturated heterocycles. The summed E-state index contributed by atoms with van der Waals surface area (Å²) in [5, 5.41) is 9.74. The summed E-state index contributed by atoms with van der Waals surface area (Å²) in [6.07, 6.45) is 0.323. The first-order valence-corrected chi connectivity index (χ1v) is 6.46. The van der Waals surface area contributed by atoms with Gasteiger partial charge in [-0.1, -0.05) is 13.0 Å². The molecule has 0 saturated carbocycles. The molecule has 1 aliphatic heterocycles. The van der Waals surface area contributed by atoms with Crippen LogP contribution in [0.5, 0.6) is 0 Å². The second kappa shape index (κ2) is 5.67. The van der Waals surface area contributed by atoms with Crippen molar-refractivity contribution in [1.29, 1.82) is 0 Å². The molecule has 100 valence electrons. The Bertz CT molecular complexity index is 409. The summed E-state index contributed by atoms with van der Waals surface area (Å²) in [6.45, 7) is 5.81. The number of morpholine rings is 1. The smallest absolute Gasteiger partial charge is 0.131 e. The van der Waals surface area contributed by atoms with Crippen molar-refractivity contribution >= 4 is 5.69 Å². The first-order chi connectivity index (χ1) is 8.63. The normalized spacial score (nSPS) is 22.0. The van der Waals surface area contributed by atoms with E-state index in [1.165, 1.54) is 6.07 Å². The van der Waals surface area contributed by atoms with Crippen LogP contribution >= 0.6 is 0 Å². The molecule has 0 bridgehead atoms. The third-order valence-corrected chi connectivity index (χ3v) is 3.38. The zero-order valence-electron chi connectivity index (χ0n) is 10.9. The molecule has 1 aliphatic rings. The fraction of sp³-hybridized carbons (Fsp3) is 0.571. The summed E-state index contributed by atoms with van der Waals surface area (Å²) in [6, 6.07) is 4.94. The monoisotopic (exact) mass is 253 g/mol. The van der Waals surface area contributed by atoms with Gasteiger partial charge in [0.15, 0.2) is 0 Å². The Morgan fingerprint density at radius 2 is 2.33 bits per heavy atom. The van der Waals surface area contributed by atoms with Gasteiger partial charge < -0.3 is 14.7 Å². The first kappa shape index (κ1) is 13.3. The van der Waals surface area contributed by atoms with E-state index in [1.807, 2.05) is 6.07 Å². The van der Waals surface area contributed by atoms with Crippen LogP contribution in [0.4, 0.5) is 10.1 Å². The largest absolute Gasteiger partial charge is 0.389 e. The van der Waals surface area contributed by atoms with E-state index in [0.29, 0.717) is 12.2 Å². The maximum Gasteiger partial charge on any atom is 0.131 e. The molecule has 0 radical (unpaired) electrons. The Labute approximate surface area is 107 Å². The number of anilines is 1. The van der Waals surface area contributed by atoms with Crippen molar-refractivity contribution in [2.24, 2.45) is 0 Å². The van der Waals surface area contributed by atoms with Crippen LogP contribution in [0.25, 0.3) is 0 Å². The van der Waals surface area contributed by atoms with Crippen LogP contribution in [0.3, 0.4) is 0 Å². The highest BCUT2D eigenvalue weighted by molar-refractivity contribution is 5.55. The van der Waals surface area contributed by atoms with E-state index in [4.69, 9.17) is 4.74 Å². The van der Waals surface area contributed by atoms with Crippen LogP contribution in [0, 0.1) is 5.82 Å². The van der Waals surface area contributed by atoms with Crippen LogP contribution in [0.15, 0.2) is 18.2 Å². The van der Waals surface area contributed by atoms with Gasteiger partial charge in [-0.25, -0.2) is 4.39 Å². The predicted molar refractivity (Wildman–Crippen MR) is 69.3 cm³/mol. The minimum atomic E-state index is -0.802. The maximum atomic E-state index is 13.8. The third kappa shape index (κ3) is 2.65. The maximum absolute atomic E-state index is 13.8. The van der Waals surface area contributed by atoms with E-state index < -0.39 is 6.10 Å². The number of benzene rings is 1. The number of aliphatic hydroxyl groups is 1. The Kier molecular flexibility index (Phi) is 4.19. The zero-order valence-corrected chi connectivity index (χ0v) is 10.9. The van der Waals surface area contributed by atoms with E-state index in [2.05, 4.69) is 11.8 Å². The molecule has 0 aromatic heterocycles. The van der Waals surface area contributed by atoms with Gasteiger partial charge in [-0.3, -0.25) is 0 Å². The Morgan fingerprint density at radius 1 is 1.56 bits per heavy atom. The number of aliphatic hydroxyl groups excluding tert-OH is 1. The Morgan fingerprint density at radius 3 is 3.00 bits per heavy atom. The molecule has 1 heterocycles. The number of hydrogen-bond acceptors (Lipinski definition) is 3. The highest BCUT2D eigenvalue weighted by Gasteiger charge is 2.23. The molecular weight excluding hydrogens is 233 g/mol. The van der Waals surface area contributed by atoms with Crippen molar-refractivity contribution in [3.8, 4) is 0 Å². The Balaban J connectivity index is 2.29. The number of nitrogens with zero attached hydrogens (tertiary/aromatic N) is 1. The van der Waals surface area contributed by atoms with E-state index in [9.17, 15) is 9.50 Å². The standard InChI is InChI=1S/C14H20FNO2/c1-3-11-9-16(7-8-18-11)13-6-4-5-12(15)14(13)10(2)17/h4-6,10-11,17H,3,7-9H2,1-2H3/t10-,11?/m0/s1. The summed E-state index contributed by atoms with van der Waals surface area (Å²) >= 11 is 0. The summed E-state index contributed by atoms with van der Waals surface area (Å²) in [4.78, 5) is 2.10. The van der Waals surface area contributed by atoms with Crippen molar-refractivity contribution in [2.45, 2.75) is 32.5 Å². The summed E-state index contributed by atoms with van der Waals surface area (Å²) in [5.41, 5.74) is 1.17. The van der Waals surface area contributed by atoms with Crippen molar-refractivity contribution < 1.29 is 14.2 Å². The second-order valence-electron chi connectivity index (χ2n) is 4.70. The lowest BCUT2D eigenvalue weighted by Crippen LogP contribution is -2.42. The molecule has 3 nitrogen and oxygen atoms in total. The number of hydrogen-bond donors (Lipinski definition) is 1. The second-order valence-corrected chi connectivity index (χ2v) is 4.70. The number of halogens is 1. The highest BCUT2D eigenvalue weighted by Crippen LogP contribution is 2.30. The fourth-order valence-electron chi connectivity index (χ4n) is 2.40. The lowest BCUT2D eigenvalue weighted by molar-refractivity contribution is 0.0382. The minimum absolute atomic E-state index is 0.184. The molecule has 18 heavy (non-hydrogen) atoms. The number of rotatable bonds is 3. The molecule has 1 unspecified atom stereocenters. The van der Waals surface area contributed by atoms with Gasteiger partial charge >= 0.3 is 0 Å². The molecule has 2 atom stereocenters. The van der Waals surface area contributed by atoms with E-state index >= 15 is 0 Å². The zero-order chi connectivity index (χ0) is 13.1. The van der Waals surface area contributed by atoms with Crippen molar-refractivity contribution in [2.75, 3.05) is 24.6 Å². The van der Waals surface area contributed by atoms with Crippen LogP contribution in [-0.4, -0.2) is 30.9 Å². The van der Waals surface area contributed by atoms with Crippen LogP contribution in [0.1, 0.15) is 31.9 Å². The minimum Gasteiger partial charge on any atom is -0.389 e. The van der Waals surface area contributed by atoms with Gasteiger partial charge in [-0.05, 0) is 25.5 Å². The SMILES string of the molecule is CCC1CN(c2cccc(F)c2[C@H](C)O)CCO1. The van der Waals surface area contributed by atoms with Crippen LogP contribution in [-0.2, 0) is 4.74 Å². The quantitative estimate of drug-likeness (QED) is 0.898. The summed E-state index contributed by atoms with van der Waals surface area (Å²) < 4.78 is 19.4. The van der Waals surface area contributed by atoms with Crippen molar-refractivity contribution in [3.05, 3.63) is 29.6 Å². The average molecular weight is 253 g/mol. The predicted octanol–water partition coefficient (Wildman–Crippen LogP) is 2.49. The summed E-state index contributed by atoms with van der Waals surface area (Å²) in [7, 11) is 0. The molecule has 4 heteroatoms. The van der Waals surface area contributed by atoms with Crippen molar-refractivity contribution in [1.82, 2.24) is 0 Å².